The fourth-order valence-electron chi connectivity index (χ4n) is 4.89. The van der Waals surface area contributed by atoms with Crippen LogP contribution >= 0.6 is 0 Å². The lowest BCUT2D eigenvalue weighted by molar-refractivity contribution is -0.0123. The molecule has 0 aromatic heterocycles. The van der Waals surface area contributed by atoms with E-state index in [9.17, 15) is 5.26 Å². The molecule has 0 aliphatic carbocycles. The standard InChI is InChI=1S/C30H34N4O3/c1-19(2)35-18-21-15-34(16-21)17-23-9-11-27(26-8-6-5-7-25(23)26)29-32-30(37-33-29)22-10-12-28(36-20(3)4)24(13-22)14-31/h5-13,19-21,30H,15-18H2,1-4H3,(H,32,33). The molecule has 2 aliphatic heterocycles. The van der Waals surface area contributed by atoms with Crippen molar-refractivity contribution in [1.82, 2.24) is 10.2 Å². The van der Waals surface area contributed by atoms with Crippen molar-refractivity contribution in [3.63, 3.8) is 0 Å². The van der Waals surface area contributed by atoms with Gasteiger partial charge in [-0.25, -0.2) is 0 Å². The van der Waals surface area contributed by atoms with E-state index in [-0.39, 0.29) is 12.2 Å². The Bertz CT molecular complexity index is 1340. The molecular formula is C30H34N4O3. The Kier molecular flexibility index (Phi) is 7.31. The van der Waals surface area contributed by atoms with Gasteiger partial charge >= 0.3 is 0 Å². The molecule has 3 aromatic rings. The Morgan fingerprint density at radius 2 is 1.84 bits per heavy atom. The number of hydrogen-bond acceptors (Lipinski definition) is 7. The molecule has 1 N–H and O–H groups in total. The van der Waals surface area contributed by atoms with Crippen molar-refractivity contribution >= 4 is 16.6 Å². The molecule has 1 fully saturated rings. The zero-order chi connectivity index (χ0) is 25.9. The lowest BCUT2D eigenvalue weighted by Crippen LogP contribution is -2.48. The van der Waals surface area contributed by atoms with Crippen molar-refractivity contribution in [2.75, 3.05) is 19.7 Å². The van der Waals surface area contributed by atoms with Crippen molar-refractivity contribution in [3.05, 3.63) is 76.9 Å². The van der Waals surface area contributed by atoms with Gasteiger partial charge in [-0.05, 0) is 62.2 Å². The van der Waals surface area contributed by atoms with Gasteiger partial charge in [0.25, 0.3) is 0 Å². The Morgan fingerprint density at radius 1 is 1.05 bits per heavy atom. The lowest BCUT2D eigenvalue weighted by atomic mass is 9.95. The number of fused-ring (bicyclic) bond motifs is 1. The summed E-state index contributed by atoms with van der Waals surface area (Å²) in [5, 5.41) is 19.7. The number of nitriles is 1. The maximum atomic E-state index is 9.59. The molecule has 7 heteroatoms. The average Bonchev–Trinajstić information content (AvgIpc) is 3.35. The number of amidine groups is 1. The number of nitrogens with zero attached hydrogens (tertiary/aromatic N) is 3. The topological polar surface area (TPSA) is 79.1 Å². The maximum absolute atomic E-state index is 9.59. The molecule has 0 amide bonds. The van der Waals surface area contributed by atoms with Gasteiger partial charge in [0, 0.05) is 36.7 Å². The molecule has 1 unspecified atom stereocenters. The van der Waals surface area contributed by atoms with E-state index in [1.807, 2.05) is 26.0 Å². The Labute approximate surface area is 218 Å². The predicted octanol–water partition coefficient (Wildman–Crippen LogP) is 5.34. The summed E-state index contributed by atoms with van der Waals surface area (Å²) >= 11 is 0. The van der Waals surface area contributed by atoms with E-state index in [0.717, 1.165) is 42.8 Å². The summed E-state index contributed by atoms with van der Waals surface area (Å²) in [6.45, 7) is 11.9. The van der Waals surface area contributed by atoms with E-state index in [4.69, 9.17) is 14.3 Å². The van der Waals surface area contributed by atoms with Gasteiger partial charge in [0.15, 0.2) is 5.84 Å². The minimum Gasteiger partial charge on any atom is -0.490 e. The van der Waals surface area contributed by atoms with Crippen LogP contribution in [0.1, 0.15) is 56.2 Å². The second-order valence-corrected chi connectivity index (χ2v) is 10.4. The minimum atomic E-state index is -0.472. The Hall–Kier alpha value is -3.60. The maximum Gasteiger partial charge on any atom is 0.224 e. The Balaban J connectivity index is 1.30. The molecule has 0 saturated carbocycles. The molecule has 1 saturated heterocycles. The van der Waals surface area contributed by atoms with Gasteiger partial charge in [-0.1, -0.05) is 41.6 Å². The summed E-state index contributed by atoms with van der Waals surface area (Å²) < 4.78 is 11.5. The first-order valence-corrected chi connectivity index (χ1v) is 13.0. The van der Waals surface area contributed by atoms with Crippen LogP contribution in [-0.4, -0.2) is 42.6 Å². The third kappa shape index (κ3) is 5.56. The molecule has 0 spiro atoms. The van der Waals surface area contributed by atoms with E-state index in [2.05, 4.69) is 71.7 Å². The highest BCUT2D eigenvalue weighted by Crippen LogP contribution is 2.31. The first kappa shape index (κ1) is 25.1. The van der Waals surface area contributed by atoms with Crippen LogP contribution in [-0.2, 0) is 16.1 Å². The first-order valence-electron chi connectivity index (χ1n) is 13.0. The molecule has 2 heterocycles. The third-order valence-corrected chi connectivity index (χ3v) is 6.67. The highest BCUT2D eigenvalue weighted by atomic mass is 16.7. The molecule has 3 aromatic carbocycles. The molecule has 37 heavy (non-hydrogen) atoms. The van der Waals surface area contributed by atoms with Gasteiger partial charge in [-0.2, -0.15) is 5.26 Å². The van der Waals surface area contributed by atoms with Crippen LogP contribution < -0.4 is 10.1 Å². The summed E-state index contributed by atoms with van der Waals surface area (Å²) in [6.07, 6.45) is -0.195. The van der Waals surface area contributed by atoms with Crippen molar-refractivity contribution < 1.29 is 14.3 Å². The third-order valence-electron chi connectivity index (χ3n) is 6.67. The summed E-state index contributed by atoms with van der Waals surface area (Å²) in [5.41, 5.74) is 3.59. The monoisotopic (exact) mass is 498 g/mol. The van der Waals surface area contributed by atoms with Gasteiger partial charge in [0.05, 0.1) is 24.4 Å². The fourth-order valence-corrected chi connectivity index (χ4v) is 4.89. The minimum absolute atomic E-state index is 0.00796. The Morgan fingerprint density at radius 3 is 2.57 bits per heavy atom. The largest absolute Gasteiger partial charge is 0.490 e. The predicted molar refractivity (Wildman–Crippen MR) is 144 cm³/mol. The number of oxime groups is 1. The smallest absolute Gasteiger partial charge is 0.224 e. The van der Waals surface area contributed by atoms with Gasteiger partial charge in [-0.3, -0.25) is 4.90 Å². The summed E-state index contributed by atoms with van der Waals surface area (Å²) in [4.78, 5) is 8.23. The van der Waals surface area contributed by atoms with Crippen LogP contribution in [0.3, 0.4) is 0 Å². The van der Waals surface area contributed by atoms with Gasteiger partial charge < -0.3 is 19.6 Å². The highest BCUT2D eigenvalue weighted by Gasteiger charge is 2.28. The SMILES string of the molecule is CC(C)OCC1CN(Cc2ccc(C3=NOC(c4ccc(OC(C)C)c(C#N)c4)N3)c3ccccc23)C1. The normalized spacial score (nSPS) is 17.9. The second kappa shape index (κ2) is 10.8. The van der Waals surface area contributed by atoms with Crippen LogP contribution in [0.25, 0.3) is 10.8 Å². The van der Waals surface area contributed by atoms with E-state index in [1.165, 1.54) is 10.9 Å². The summed E-state index contributed by atoms with van der Waals surface area (Å²) in [5.74, 6) is 1.87. The van der Waals surface area contributed by atoms with E-state index in [0.29, 0.717) is 23.1 Å². The van der Waals surface area contributed by atoms with Crippen LogP contribution in [0.4, 0.5) is 0 Å². The van der Waals surface area contributed by atoms with Crippen molar-refractivity contribution in [2.45, 2.75) is 52.7 Å². The van der Waals surface area contributed by atoms with E-state index >= 15 is 0 Å². The average molecular weight is 499 g/mol. The van der Waals surface area contributed by atoms with Crippen molar-refractivity contribution in [1.29, 1.82) is 5.26 Å². The number of benzene rings is 3. The van der Waals surface area contributed by atoms with Crippen molar-refractivity contribution in [3.8, 4) is 11.8 Å². The second-order valence-electron chi connectivity index (χ2n) is 10.4. The number of hydrogen-bond donors (Lipinski definition) is 1. The molecule has 192 valence electrons. The lowest BCUT2D eigenvalue weighted by Gasteiger charge is -2.39. The van der Waals surface area contributed by atoms with Gasteiger partial charge in [0.2, 0.25) is 6.23 Å². The quantitative estimate of drug-likeness (QED) is 0.429. The molecule has 7 nitrogen and oxygen atoms in total. The number of rotatable bonds is 9. The van der Waals surface area contributed by atoms with E-state index in [1.54, 1.807) is 6.07 Å². The van der Waals surface area contributed by atoms with E-state index < -0.39 is 6.23 Å². The first-order chi connectivity index (χ1) is 17.9. The van der Waals surface area contributed by atoms with Crippen LogP contribution in [0.2, 0.25) is 0 Å². The molecule has 0 bridgehead atoms. The zero-order valence-corrected chi connectivity index (χ0v) is 21.9. The van der Waals surface area contributed by atoms with Crippen LogP contribution in [0.5, 0.6) is 5.75 Å². The molecule has 5 rings (SSSR count). The number of nitrogens with one attached hydrogen (secondary N) is 1. The number of likely N-dealkylation sites (tertiary alicyclic amines) is 1. The van der Waals surface area contributed by atoms with Crippen LogP contribution in [0, 0.1) is 17.2 Å². The summed E-state index contributed by atoms with van der Waals surface area (Å²) in [7, 11) is 0. The highest BCUT2D eigenvalue weighted by molar-refractivity contribution is 6.10. The summed E-state index contributed by atoms with van der Waals surface area (Å²) in [6, 6.07) is 20.5. The van der Waals surface area contributed by atoms with Crippen LogP contribution in [0.15, 0.2) is 59.8 Å². The molecule has 1 atom stereocenters. The molecule has 0 radical (unpaired) electrons. The fraction of sp³-hybridized carbons (Fsp3) is 0.400. The van der Waals surface area contributed by atoms with Crippen molar-refractivity contribution in [2.24, 2.45) is 11.1 Å². The molecular weight excluding hydrogens is 464 g/mol. The van der Waals surface area contributed by atoms with Gasteiger partial charge in [0.1, 0.15) is 11.8 Å². The van der Waals surface area contributed by atoms with Gasteiger partial charge in [-0.15, -0.1) is 0 Å². The molecule has 2 aliphatic rings. The number of ether oxygens (including phenoxy) is 2. The zero-order valence-electron chi connectivity index (χ0n) is 21.9.